The minimum Gasteiger partial charge on any atom is -0.504 e. The Hall–Kier alpha value is -4.17. The fourth-order valence-electron chi connectivity index (χ4n) is 8.18. The maximum absolute atomic E-state index is 13.8. The molecule has 2 fully saturated rings. The van der Waals surface area contributed by atoms with Crippen LogP contribution in [0.2, 0.25) is 0 Å². The van der Waals surface area contributed by atoms with E-state index in [1.807, 2.05) is 12.1 Å². The van der Waals surface area contributed by atoms with Crippen LogP contribution in [0.15, 0.2) is 24.3 Å². The van der Waals surface area contributed by atoms with E-state index in [9.17, 15) is 29.1 Å². The van der Waals surface area contributed by atoms with Crippen molar-refractivity contribution in [1.29, 1.82) is 0 Å². The largest absolute Gasteiger partial charge is 0.504 e. The van der Waals surface area contributed by atoms with Gasteiger partial charge in [-0.25, -0.2) is 4.79 Å². The van der Waals surface area contributed by atoms with Gasteiger partial charge in [0.1, 0.15) is 12.2 Å². The maximum Gasteiger partial charge on any atom is 0.339 e. The number of esters is 4. The van der Waals surface area contributed by atoms with Gasteiger partial charge in [0.2, 0.25) is 5.91 Å². The molecular weight excluding hydrogens is 604 g/mol. The monoisotopic (exact) mass is 642 g/mol. The Balaban J connectivity index is 1.29. The molecule has 6 rings (SSSR count). The average Bonchev–Trinajstić information content (AvgIpc) is 3.34. The topological polar surface area (TPSA) is 176 Å². The predicted octanol–water partition coefficient (Wildman–Crippen LogP) is 0.448. The molecule has 3 aliphatic heterocycles. The van der Waals surface area contributed by atoms with Crippen molar-refractivity contribution in [1.82, 2.24) is 10.2 Å². The van der Waals surface area contributed by atoms with E-state index in [2.05, 4.69) is 23.3 Å². The number of benzene rings is 1. The van der Waals surface area contributed by atoms with Crippen LogP contribution in [0.3, 0.4) is 0 Å². The first-order valence-electron chi connectivity index (χ1n) is 15.3. The fraction of sp³-hybridized carbons (Fsp3) is 0.594. The Morgan fingerprint density at radius 1 is 1.00 bits per heavy atom. The molecule has 1 aromatic carbocycles. The third kappa shape index (κ3) is 5.16. The van der Waals surface area contributed by atoms with Crippen LogP contribution in [-0.4, -0.2) is 109 Å². The number of amides is 1. The molecule has 248 valence electrons. The molecule has 14 nitrogen and oxygen atoms in total. The highest BCUT2D eigenvalue weighted by atomic mass is 16.7. The van der Waals surface area contributed by atoms with Gasteiger partial charge in [0.15, 0.2) is 35.9 Å². The summed E-state index contributed by atoms with van der Waals surface area (Å²) in [6, 6.07) is 3.23. The van der Waals surface area contributed by atoms with Crippen molar-refractivity contribution in [3.63, 3.8) is 0 Å². The molecule has 10 atom stereocenters. The number of ether oxygens (including phenoxy) is 6. The van der Waals surface area contributed by atoms with Crippen LogP contribution in [-0.2, 0) is 59.5 Å². The Bertz CT molecular complexity index is 1490. The molecule has 0 saturated carbocycles. The number of hydrogen-bond donors (Lipinski definition) is 2. The van der Waals surface area contributed by atoms with Gasteiger partial charge >= 0.3 is 23.9 Å². The summed E-state index contributed by atoms with van der Waals surface area (Å²) >= 11 is 0. The molecule has 2 N–H and O–H groups in total. The highest BCUT2D eigenvalue weighted by Crippen LogP contribution is 2.62. The second-order valence-electron chi connectivity index (χ2n) is 12.6. The Kier molecular flexibility index (Phi) is 8.21. The molecule has 3 heterocycles. The van der Waals surface area contributed by atoms with E-state index >= 15 is 0 Å². The van der Waals surface area contributed by atoms with Crippen molar-refractivity contribution >= 4 is 29.8 Å². The van der Waals surface area contributed by atoms with Gasteiger partial charge in [-0.2, -0.15) is 0 Å². The molecule has 1 spiro atoms. The molecule has 0 aromatic heterocycles. The summed E-state index contributed by atoms with van der Waals surface area (Å²) in [6.07, 6.45) is -2.64. The van der Waals surface area contributed by atoms with Gasteiger partial charge < -0.3 is 43.7 Å². The van der Waals surface area contributed by atoms with Crippen LogP contribution in [0, 0.1) is 5.92 Å². The second-order valence-corrected chi connectivity index (χ2v) is 12.6. The van der Waals surface area contributed by atoms with E-state index in [1.54, 1.807) is 6.07 Å². The standard InChI is InChI=1S/C32H38N2O12/c1-14(35)42-26-22(45-29(31(40)41-5)28(44-16(3)37)27(26)43-15(2)36)13-23(39)33-19-8-7-18-20-12-17-6-9-21(38)25-24(17)32(18,30(19)46-25)10-11-34(20)4/h6-9,18-20,22,26-30,38H,10-13H2,1-5H3,(H,33,39)/t18?,19?,20?,22?,26-,27+,28-,29-,30?,32?/m0/s1. The lowest BCUT2D eigenvalue weighted by atomic mass is 9.53. The number of likely N-dealkylation sites (N-methyl/N-ethyl adjacent to an activating group) is 1. The highest BCUT2D eigenvalue weighted by Gasteiger charge is 2.64. The molecule has 46 heavy (non-hydrogen) atoms. The zero-order chi connectivity index (χ0) is 33.1. The lowest BCUT2D eigenvalue weighted by Gasteiger charge is -2.57. The fourth-order valence-corrected chi connectivity index (χ4v) is 8.18. The van der Waals surface area contributed by atoms with Crippen molar-refractivity contribution in [3.05, 3.63) is 35.4 Å². The summed E-state index contributed by atoms with van der Waals surface area (Å²) < 4.78 is 33.5. The third-order valence-electron chi connectivity index (χ3n) is 9.86. The number of hydrogen-bond acceptors (Lipinski definition) is 13. The van der Waals surface area contributed by atoms with Crippen molar-refractivity contribution < 1.29 is 57.5 Å². The normalized spacial score (nSPS) is 35.2. The first-order chi connectivity index (χ1) is 21.8. The maximum atomic E-state index is 13.8. The lowest BCUT2D eigenvalue weighted by molar-refractivity contribution is -0.248. The lowest BCUT2D eigenvalue weighted by Crippen LogP contribution is -2.67. The predicted molar refractivity (Wildman–Crippen MR) is 155 cm³/mol. The smallest absolute Gasteiger partial charge is 0.339 e. The van der Waals surface area contributed by atoms with Gasteiger partial charge in [-0.15, -0.1) is 0 Å². The molecule has 1 amide bonds. The quantitative estimate of drug-likeness (QED) is 0.238. The van der Waals surface area contributed by atoms with E-state index in [0.29, 0.717) is 5.75 Å². The van der Waals surface area contributed by atoms with Gasteiger partial charge in [0, 0.05) is 43.7 Å². The van der Waals surface area contributed by atoms with Crippen molar-refractivity contribution in [2.24, 2.45) is 5.92 Å². The number of phenols is 1. The number of carbonyl (C=O) groups is 5. The number of nitrogens with zero attached hydrogens (tertiary/aromatic N) is 1. The number of aromatic hydroxyl groups is 1. The number of carbonyl (C=O) groups excluding carboxylic acids is 5. The van der Waals surface area contributed by atoms with E-state index < -0.39 is 84.3 Å². The molecule has 2 saturated heterocycles. The molecule has 2 aliphatic carbocycles. The molecule has 5 aliphatic rings. The summed E-state index contributed by atoms with van der Waals surface area (Å²) in [7, 11) is 3.21. The molecule has 14 heteroatoms. The zero-order valence-corrected chi connectivity index (χ0v) is 26.2. The number of rotatable bonds is 7. The van der Waals surface area contributed by atoms with Crippen LogP contribution in [0.4, 0.5) is 0 Å². The number of phenolic OH excluding ortho intramolecular Hbond substituents is 1. The second kappa shape index (κ2) is 11.9. The number of methoxy groups -OCH3 is 1. The van der Waals surface area contributed by atoms with Crippen LogP contribution < -0.4 is 10.1 Å². The number of likely N-dealkylation sites (tertiary alicyclic amines) is 1. The van der Waals surface area contributed by atoms with Gasteiger partial charge in [-0.1, -0.05) is 18.2 Å². The van der Waals surface area contributed by atoms with Gasteiger partial charge in [-0.3, -0.25) is 19.2 Å². The zero-order valence-electron chi connectivity index (χ0n) is 26.2. The Labute approximate surface area is 265 Å². The molecule has 2 bridgehead atoms. The summed E-state index contributed by atoms with van der Waals surface area (Å²) in [5.41, 5.74) is 1.67. The summed E-state index contributed by atoms with van der Waals surface area (Å²) in [4.78, 5) is 65.1. The van der Waals surface area contributed by atoms with E-state index in [1.165, 1.54) is 0 Å². The molecular formula is C32H38N2O12. The summed E-state index contributed by atoms with van der Waals surface area (Å²) in [5.74, 6) is -3.27. The average molecular weight is 643 g/mol. The van der Waals surface area contributed by atoms with Crippen LogP contribution in [0.1, 0.15) is 44.7 Å². The van der Waals surface area contributed by atoms with Crippen molar-refractivity contribution in [2.75, 3.05) is 20.7 Å². The summed E-state index contributed by atoms with van der Waals surface area (Å²) in [6.45, 7) is 4.13. The minimum absolute atomic E-state index is 0.0521. The van der Waals surface area contributed by atoms with Gasteiger partial charge in [-0.05, 0) is 38.1 Å². The number of nitrogens with one attached hydrogen (secondary N) is 1. The van der Waals surface area contributed by atoms with Gasteiger partial charge in [0.05, 0.1) is 19.6 Å². The molecule has 1 aromatic rings. The van der Waals surface area contributed by atoms with Gasteiger partial charge in [0.25, 0.3) is 0 Å². The van der Waals surface area contributed by atoms with E-state index in [-0.39, 0.29) is 17.7 Å². The third-order valence-corrected chi connectivity index (χ3v) is 9.86. The van der Waals surface area contributed by atoms with Crippen LogP contribution in [0.25, 0.3) is 0 Å². The molecule has 0 radical (unpaired) electrons. The van der Waals surface area contributed by atoms with E-state index in [4.69, 9.17) is 28.4 Å². The van der Waals surface area contributed by atoms with Crippen molar-refractivity contribution in [2.45, 2.75) is 94.2 Å². The van der Waals surface area contributed by atoms with Crippen molar-refractivity contribution in [3.8, 4) is 11.5 Å². The number of piperidine rings is 1. The van der Waals surface area contributed by atoms with E-state index in [0.717, 1.165) is 58.4 Å². The summed E-state index contributed by atoms with van der Waals surface area (Å²) in [5, 5.41) is 13.8. The first-order valence-corrected chi connectivity index (χ1v) is 15.3. The Morgan fingerprint density at radius 2 is 1.67 bits per heavy atom. The minimum atomic E-state index is -1.59. The Morgan fingerprint density at radius 3 is 2.35 bits per heavy atom. The van der Waals surface area contributed by atoms with Crippen LogP contribution >= 0.6 is 0 Å². The SMILES string of the molecule is COC(=O)[C@H]1OC(CC(=O)NC2C=CC3C4Cc5ccc(O)c6c5C3(CCN4C)C2O6)[C@H](OC(C)=O)[C@@H](OC(C)=O)[C@@H]1OC(C)=O. The molecule has 6 unspecified atom stereocenters. The van der Waals surface area contributed by atoms with Crippen LogP contribution in [0.5, 0.6) is 11.5 Å². The first kappa shape index (κ1) is 31.8. The highest BCUT2D eigenvalue weighted by molar-refractivity contribution is 5.79.